The van der Waals surface area contributed by atoms with E-state index in [-0.39, 0.29) is 0 Å². The second kappa shape index (κ2) is 6.38. The van der Waals surface area contributed by atoms with Crippen LogP contribution in [-0.2, 0) is 17.9 Å². The van der Waals surface area contributed by atoms with Crippen LogP contribution in [0.4, 0.5) is 5.82 Å². The number of nitrogens with one attached hydrogen (secondary N) is 1. The number of fused-ring (bicyclic) bond motifs is 1. The first kappa shape index (κ1) is 13.6. The minimum Gasteiger partial charge on any atom is -0.373 e. The Labute approximate surface area is 114 Å². The lowest BCUT2D eigenvalue weighted by molar-refractivity contribution is 0.305. The SMILES string of the molecule is CCN(CC)CCc1nc2c(c(NC)n1)CSC2. The van der Waals surface area contributed by atoms with E-state index in [9.17, 15) is 0 Å². The molecule has 0 saturated heterocycles. The summed E-state index contributed by atoms with van der Waals surface area (Å²) in [4.78, 5) is 11.8. The molecular weight excluding hydrogens is 244 g/mol. The van der Waals surface area contributed by atoms with Crippen LogP contribution in [0.2, 0.25) is 0 Å². The van der Waals surface area contributed by atoms with Gasteiger partial charge in [-0.3, -0.25) is 0 Å². The van der Waals surface area contributed by atoms with E-state index >= 15 is 0 Å². The normalized spacial score (nSPS) is 14.0. The molecule has 0 aliphatic carbocycles. The van der Waals surface area contributed by atoms with E-state index in [1.807, 2.05) is 18.8 Å². The molecule has 1 aliphatic heterocycles. The van der Waals surface area contributed by atoms with Crippen LogP contribution in [0.1, 0.15) is 30.9 Å². The minimum absolute atomic E-state index is 0.939. The molecule has 100 valence electrons. The number of anilines is 1. The fraction of sp³-hybridized carbons (Fsp3) is 0.692. The molecule has 0 atom stereocenters. The molecule has 0 saturated carbocycles. The van der Waals surface area contributed by atoms with E-state index in [4.69, 9.17) is 4.98 Å². The van der Waals surface area contributed by atoms with Crippen LogP contribution in [0.15, 0.2) is 0 Å². The number of nitrogens with zero attached hydrogens (tertiary/aromatic N) is 3. The molecule has 2 rings (SSSR count). The summed E-state index contributed by atoms with van der Waals surface area (Å²) in [5, 5.41) is 3.21. The van der Waals surface area contributed by atoms with Crippen molar-refractivity contribution in [1.29, 1.82) is 0 Å². The van der Waals surface area contributed by atoms with Gasteiger partial charge in [0.15, 0.2) is 0 Å². The van der Waals surface area contributed by atoms with Crippen molar-refractivity contribution in [3.8, 4) is 0 Å². The molecular formula is C13H22N4S. The summed E-state index contributed by atoms with van der Waals surface area (Å²) in [5.41, 5.74) is 2.53. The molecule has 1 aliphatic rings. The van der Waals surface area contributed by atoms with Gasteiger partial charge >= 0.3 is 0 Å². The second-order valence-electron chi connectivity index (χ2n) is 4.43. The Hall–Kier alpha value is -0.810. The average Bonchev–Trinajstić information content (AvgIpc) is 2.87. The van der Waals surface area contributed by atoms with E-state index in [0.29, 0.717) is 0 Å². The zero-order chi connectivity index (χ0) is 13.0. The predicted octanol–water partition coefficient (Wildman–Crippen LogP) is 2.15. The van der Waals surface area contributed by atoms with Crippen LogP contribution >= 0.6 is 11.8 Å². The Bertz CT molecular complexity index is 404. The Kier molecular flexibility index (Phi) is 4.83. The van der Waals surface area contributed by atoms with Gasteiger partial charge in [-0.2, -0.15) is 11.8 Å². The number of thioether (sulfide) groups is 1. The molecule has 5 heteroatoms. The minimum atomic E-state index is 0.939. The highest BCUT2D eigenvalue weighted by molar-refractivity contribution is 7.98. The summed E-state index contributed by atoms with van der Waals surface area (Å²) in [7, 11) is 1.94. The summed E-state index contributed by atoms with van der Waals surface area (Å²) in [6.07, 6.45) is 0.939. The van der Waals surface area contributed by atoms with Gasteiger partial charge in [-0.05, 0) is 13.1 Å². The monoisotopic (exact) mass is 266 g/mol. The zero-order valence-corrected chi connectivity index (χ0v) is 12.3. The van der Waals surface area contributed by atoms with E-state index in [2.05, 4.69) is 29.0 Å². The zero-order valence-electron chi connectivity index (χ0n) is 11.5. The lowest BCUT2D eigenvalue weighted by Crippen LogP contribution is -2.26. The summed E-state index contributed by atoms with van der Waals surface area (Å²) < 4.78 is 0. The van der Waals surface area contributed by atoms with Crippen molar-refractivity contribution in [3.63, 3.8) is 0 Å². The molecule has 2 heterocycles. The summed E-state index contributed by atoms with van der Waals surface area (Å²) in [5.74, 6) is 4.08. The van der Waals surface area contributed by atoms with Gasteiger partial charge in [0.2, 0.25) is 0 Å². The molecule has 1 aromatic heterocycles. The standard InChI is InChI=1S/C13H22N4S/c1-4-17(5-2)7-6-12-15-11-9-18-8-10(11)13(14-3)16-12/h4-9H2,1-3H3,(H,14,15,16). The third kappa shape index (κ3) is 2.95. The first-order valence-electron chi connectivity index (χ1n) is 6.65. The molecule has 0 unspecified atom stereocenters. The van der Waals surface area contributed by atoms with Crippen molar-refractivity contribution in [2.45, 2.75) is 31.8 Å². The number of hydrogen-bond donors (Lipinski definition) is 1. The van der Waals surface area contributed by atoms with Crippen LogP contribution < -0.4 is 5.32 Å². The molecule has 4 nitrogen and oxygen atoms in total. The van der Waals surface area contributed by atoms with Gasteiger partial charge in [-0.25, -0.2) is 9.97 Å². The van der Waals surface area contributed by atoms with Crippen molar-refractivity contribution >= 4 is 17.6 Å². The second-order valence-corrected chi connectivity index (χ2v) is 5.42. The Balaban J connectivity index is 2.09. The molecule has 1 N–H and O–H groups in total. The maximum Gasteiger partial charge on any atom is 0.133 e. The summed E-state index contributed by atoms with van der Waals surface area (Å²) in [6, 6.07) is 0. The van der Waals surface area contributed by atoms with Crippen LogP contribution in [0.3, 0.4) is 0 Å². The predicted molar refractivity (Wildman–Crippen MR) is 78.1 cm³/mol. The largest absolute Gasteiger partial charge is 0.373 e. The fourth-order valence-corrected chi connectivity index (χ4v) is 3.26. The quantitative estimate of drug-likeness (QED) is 0.854. The van der Waals surface area contributed by atoms with Gasteiger partial charge in [0.05, 0.1) is 5.69 Å². The van der Waals surface area contributed by atoms with E-state index in [0.717, 1.165) is 49.2 Å². The van der Waals surface area contributed by atoms with Crippen LogP contribution in [0, 0.1) is 0 Å². The van der Waals surface area contributed by atoms with Gasteiger partial charge in [0, 0.05) is 37.1 Å². The molecule has 18 heavy (non-hydrogen) atoms. The molecule has 0 fully saturated rings. The van der Waals surface area contributed by atoms with Crippen molar-refractivity contribution < 1.29 is 0 Å². The molecule has 0 radical (unpaired) electrons. The first-order valence-corrected chi connectivity index (χ1v) is 7.80. The van der Waals surface area contributed by atoms with E-state index in [1.54, 1.807) is 0 Å². The first-order chi connectivity index (χ1) is 8.78. The van der Waals surface area contributed by atoms with Gasteiger partial charge in [0.25, 0.3) is 0 Å². The van der Waals surface area contributed by atoms with Crippen LogP contribution in [0.25, 0.3) is 0 Å². The Morgan fingerprint density at radius 3 is 2.67 bits per heavy atom. The van der Waals surface area contributed by atoms with Crippen molar-refractivity contribution in [1.82, 2.24) is 14.9 Å². The van der Waals surface area contributed by atoms with Crippen molar-refractivity contribution in [3.05, 3.63) is 17.1 Å². The molecule has 0 amide bonds. The lowest BCUT2D eigenvalue weighted by atomic mass is 10.2. The summed E-state index contributed by atoms with van der Waals surface area (Å²) >= 11 is 1.92. The molecule has 0 bridgehead atoms. The van der Waals surface area contributed by atoms with Crippen molar-refractivity contribution in [2.75, 3.05) is 32.0 Å². The highest BCUT2D eigenvalue weighted by Gasteiger charge is 2.19. The Morgan fingerprint density at radius 2 is 2.00 bits per heavy atom. The van der Waals surface area contributed by atoms with Crippen LogP contribution in [0.5, 0.6) is 0 Å². The van der Waals surface area contributed by atoms with Crippen molar-refractivity contribution in [2.24, 2.45) is 0 Å². The number of rotatable bonds is 6. The lowest BCUT2D eigenvalue weighted by Gasteiger charge is -2.17. The average molecular weight is 266 g/mol. The topological polar surface area (TPSA) is 41.1 Å². The third-order valence-electron chi connectivity index (χ3n) is 3.41. The van der Waals surface area contributed by atoms with Gasteiger partial charge in [0.1, 0.15) is 11.6 Å². The highest BCUT2D eigenvalue weighted by Crippen LogP contribution is 2.32. The number of aromatic nitrogens is 2. The summed E-state index contributed by atoms with van der Waals surface area (Å²) in [6.45, 7) is 7.62. The van der Waals surface area contributed by atoms with Gasteiger partial charge < -0.3 is 10.2 Å². The number of hydrogen-bond acceptors (Lipinski definition) is 5. The van der Waals surface area contributed by atoms with Gasteiger partial charge in [-0.1, -0.05) is 13.8 Å². The maximum absolute atomic E-state index is 4.70. The van der Waals surface area contributed by atoms with E-state index in [1.165, 1.54) is 11.3 Å². The maximum atomic E-state index is 4.70. The molecule has 1 aromatic rings. The smallest absolute Gasteiger partial charge is 0.133 e. The van der Waals surface area contributed by atoms with Gasteiger partial charge in [-0.15, -0.1) is 0 Å². The highest BCUT2D eigenvalue weighted by atomic mass is 32.2. The van der Waals surface area contributed by atoms with E-state index < -0.39 is 0 Å². The number of likely N-dealkylation sites (N-methyl/N-ethyl adjacent to an activating group) is 1. The Morgan fingerprint density at radius 1 is 1.22 bits per heavy atom. The fourth-order valence-electron chi connectivity index (χ4n) is 2.22. The molecule has 0 spiro atoms. The van der Waals surface area contributed by atoms with Crippen LogP contribution in [-0.4, -0.2) is 41.5 Å². The molecule has 0 aromatic carbocycles. The third-order valence-corrected chi connectivity index (χ3v) is 4.38.